The average Bonchev–Trinajstić information content (AvgIpc) is 3.28. The Bertz CT molecular complexity index is 2750. The Morgan fingerprint density at radius 2 is 0.875 bits per heavy atom. The van der Waals surface area contributed by atoms with Crippen molar-refractivity contribution in [1.29, 1.82) is 0 Å². The number of para-hydroxylation sites is 1. The van der Waals surface area contributed by atoms with E-state index in [-0.39, 0.29) is 0 Å². The lowest BCUT2D eigenvalue weighted by Gasteiger charge is -2.28. The van der Waals surface area contributed by atoms with Crippen molar-refractivity contribution in [2.24, 2.45) is 0 Å². The van der Waals surface area contributed by atoms with E-state index >= 15 is 0 Å². The second kappa shape index (κ2) is 16.9. The predicted octanol–water partition coefficient (Wildman–Crippen LogP) is 15.6. The topological polar surface area (TPSA) is 15.3 Å². The summed E-state index contributed by atoms with van der Waals surface area (Å²) in [6.07, 6.45) is 12.4. The van der Waals surface area contributed by atoms with Crippen molar-refractivity contribution < 1.29 is 0 Å². The maximum Gasteiger partial charge on any atom is 0.0540 e. The van der Waals surface area contributed by atoms with Gasteiger partial charge in [-0.05, 0) is 91.8 Å². The number of allylic oxidation sites excluding steroid dienone is 4. The van der Waals surface area contributed by atoms with E-state index in [0.29, 0.717) is 0 Å². The highest BCUT2D eigenvalue weighted by Gasteiger charge is 2.19. The van der Waals surface area contributed by atoms with Crippen LogP contribution >= 0.6 is 0 Å². The van der Waals surface area contributed by atoms with Crippen LogP contribution in [-0.4, -0.2) is 0 Å². The maximum atomic E-state index is 3.57. The Balaban J connectivity index is 0.00000217. The van der Waals surface area contributed by atoms with E-state index in [1.54, 1.807) is 0 Å². The molecule has 0 radical (unpaired) electrons. The van der Waals surface area contributed by atoms with Crippen LogP contribution < -0.4 is 10.2 Å². The highest BCUT2D eigenvalue weighted by atomic mass is 15.1. The molecule has 2 heteroatoms. The maximum absolute atomic E-state index is 3.57. The van der Waals surface area contributed by atoms with E-state index < -0.39 is 0 Å². The normalized spacial score (nSPS) is 11.5. The van der Waals surface area contributed by atoms with Crippen molar-refractivity contribution in [2.45, 2.75) is 13.8 Å². The van der Waals surface area contributed by atoms with Crippen LogP contribution in [0, 0.1) is 0 Å². The third-order valence-electron chi connectivity index (χ3n) is 10.1. The van der Waals surface area contributed by atoms with Gasteiger partial charge in [0.25, 0.3) is 0 Å². The predicted molar refractivity (Wildman–Crippen MR) is 244 cm³/mol. The van der Waals surface area contributed by atoms with E-state index in [9.17, 15) is 0 Å². The molecule has 0 heterocycles. The quantitative estimate of drug-likeness (QED) is 0.112. The number of nitrogens with zero attached hydrogens (tertiary/aromatic N) is 1. The first-order valence-corrected chi connectivity index (χ1v) is 19.4. The molecule has 270 valence electrons. The van der Waals surface area contributed by atoms with Gasteiger partial charge in [-0.2, -0.15) is 0 Å². The number of benzene rings is 9. The smallest absolute Gasteiger partial charge is 0.0540 e. The molecule has 1 N–H and O–H groups in total. The summed E-state index contributed by atoms with van der Waals surface area (Å²) in [4.78, 5) is 2.38. The molecule has 9 aromatic rings. The highest BCUT2D eigenvalue weighted by Crippen LogP contribution is 2.45. The minimum atomic E-state index is 1.08. The van der Waals surface area contributed by atoms with Gasteiger partial charge in [0.05, 0.1) is 5.69 Å². The Labute approximate surface area is 330 Å². The van der Waals surface area contributed by atoms with Gasteiger partial charge in [0, 0.05) is 34.0 Å². The van der Waals surface area contributed by atoms with E-state index in [0.717, 1.165) is 22.7 Å². The zero-order chi connectivity index (χ0) is 38.1. The molecule has 0 unspecified atom stereocenters. The van der Waals surface area contributed by atoms with Crippen LogP contribution in [0.15, 0.2) is 219 Å². The average molecular weight is 721 g/mol. The molecule has 9 aromatic carbocycles. The molecule has 0 amide bonds. The third kappa shape index (κ3) is 7.46. The molecule has 0 fully saturated rings. The SMILES string of the molecule is C(/C=C\c1ccc(-c2ccccc2)cc1)=C/C=C/Nc1ccc2ccc3c(N(c4ccccc4)c4ccc(-c5ccccc5)cc4)ccc4ccc1c2c43.CC. The Morgan fingerprint density at radius 3 is 1.52 bits per heavy atom. The molecule has 2 nitrogen and oxygen atoms in total. The highest BCUT2D eigenvalue weighted by molar-refractivity contribution is 6.27. The molecule has 0 aliphatic carbocycles. The Kier molecular flexibility index (Phi) is 10.8. The standard InChI is InChI=1S/C52H38N2.C2H6/c1(6-14-38-21-23-41(24-22-38)39-15-7-3-8-16-39)2-13-37-53-49-35-29-43-28-34-48-50(36-30-44-27-33-47(49)51(43)52(44)48)54(45-19-11-5-12-20-45)46-31-25-42(26-32-46)40-17-9-4-10-18-40;1-2/h1-37,53H;1-2H3/b2-1-,14-6-,37-13+;. The lowest BCUT2D eigenvalue weighted by molar-refractivity contribution is 1.30. The fourth-order valence-electron chi connectivity index (χ4n) is 7.45. The summed E-state index contributed by atoms with van der Waals surface area (Å²) in [6.45, 7) is 4.00. The Hall–Kier alpha value is -7.16. The first-order chi connectivity index (χ1) is 27.8. The molecular weight excluding hydrogens is 677 g/mol. The van der Waals surface area contributed by atoms with E-state index in [4.69, 9.17) is 0 Å². The Morgan fingerprint density at radius 1 is 0.393 bits per heavy atom. The summed E-state index contributed by atoms with van der Waals surface area (Å²) in [5.41, 5.74) is 10.5. The summed E-state index contributed by atoms with van der Waals surface area (Å²) in [5, 5.41) is 11.0. The van der Waals surface area contributed by atoms with Crippen LogP contribution in [0.25, 0.3) is 60.6 Å². The summed E-state index contributed by atoms with van der Waals surface area (Å²) in [7, 11) is 0. The van der Waals surface area contributed by atoms with Gasteiger partial charge in [0.2, 0.25) is 0 Å². The molecule has 0 saturated heterocycles. The number of anilines is 4. The summed E-state index contributed by atoms with van der Waals surface area (Å²) < 4.78 is 0. The molecule has 0 bridgehead atoms. The van der Waals surface area contributed by atoms with Gasteiger partial charge in [0.1, 0.15) is 0 Å². The monoisotopic (exact) mass is 720 g/mol. The van der Waals surface area contributed by atoms with Crippen LogP contribution in [0.4, 0.5) is 22.7 Å². The minimum Gasteiger partial charge on any atom is -0.361 e. The molecular formula is C54H44N2. The van der Waals surface area contributed by atoms with Crippen molar-refractivity contribution in [2.75, 3.05) is 10.2 Å². The van der Waals surface area contributed by atoms with Crippen LogP contribution in [-0.2, 0) is 0 Å². The van der Waals surface area contributed by atoms with Crippen LogP contribution in [0.5, 0.6) is 0 Å². The van der Waals surface area contributed by atoms with E-state index in [1.165, 1.54) is 60.1 Å². The molecule has 0 atom stereocenters. The van der Waals surface area contributed by atoms with Crippen molar-refractivity contribution >= 4 is 61.1 Å². The van der Waals surface area contributed by atoms with E-state index in [2.05, 4.69) is 217 Å². The van der Waals surface area contributed by atoms with Gasteiger partial charge in [-0.1, -0.05) is 190 Å². The van der Waals surface area contributed by atoms with Crippen LogP contribution in [0.3, 0.4) is 0 Å². The number of rotatable bonds is 10. The molecule has 0 aliphatic rings. The van der Waals surface area contributed by atoms with Crippen molar-refractivity contribution in [1.82, 2.24) is 0 Å². The number of hydrogen-bond acceptors (Lipinski definition) is 2. The van der Waals surface area contributed by atoms with Gasteiger partial charge in [-0.15, -0.1) is 0 Å². The van der Waals surface area contributed by atoms with Gasteiger partial charge < -0.3 is 10.2 Å². The molecule has 0 saturated carbocycles. The molecule has 9 rings (SSSR count). The van der Waals surface area contributed by atoms with Gasteiger partial charge in [0.15, 0.2) is 0 Å². The number of hydrogen-bond donors (Lipinski definition) is 1. The van der Waals surface area contributed by atoms with Gasteiger partial charge >= 0.3 is 0 Å². The van der Waals surface area contributed by atoms with Gasteiger partial charge in [-0.3, -0.25) is 0 Å². The minimum absolute atomic E-state index is 1.08. The van der Waals surface area contributed by atoms with E-state index in [1.807, 2.05) is 32.2 Å². The summed E-state index contributed by atoms with van der Waals surface area (Å²) in [5.74, 6) is 0. The third-order valence-corrected chi connectivity index (χ3v) is 10.1. The fraction of sp³-hybridized carbons (Fsp3) is 0.0370. The van der Waals surface area contributed by atoms with Gasteiger partial charge in [-0.25, -0.2) is 0 Å². The van der Waals surface area contributed by atoms with Crippen molar-refractivity contribution in [3.63, 3.8) is 0 Å². The molecule has 0 aliphatic heterocycles. The second-order valence-electron chi connectivity index (χ2n) is 13.4. The van der Waals surface area contributed by atoms with Crippen molar-refractivity contribution in [3.8, 4) is 22.3 Å². The zero-order valence-electron chi connectivity index (χ0n) is 31.8. The fourth-order valence-corrected chi connectivity index (χ4v) is 7.45. The lowest BCUT2D eigenvalue weighted by Crippen LogP contribution is -2.10. The summed E-state index contributed by atoms with van der Waals surface area (Å²) in [6, 6.07) is 67.2. The zero-order valence-corrected chi connectivity index (χ0v) is 31.8. The molecule has 0 spiro atoms. The second-order valence-corrected chi connectivity index (χ2v) is 13.4. The first kappa shape index (κ1) is 35.8. The largest absolute Gasteiger partial charge is 0.361 e. The van der Waals surface area contributed by atoms with Crippen molar-refractivity contribution in [3.05, 3.63) is 224 Å². The first-order valence-electron chi connectivity index (χ1n) is 19.4. The van der Waals surface area contributed by atoms with Crippen LogP contribution in [0.1, 0.15) is 19.4 Å². The number of nitrogens with one attached hydrogen (secondary N) is 1. The van der Waals surface area contributed by atoms with Crippen LogP contribution in [0.2, 0.25) is 0 Å². The molecule has 0 aromatic heterocycles. The summed E-state index contributed by atoms with van der Waals surface area (Å²) >= 11 is 0. The molecule has 56 heavy (non-hydrogen) atoms. The lowest BCUT2D eigenvalue weighted by atomic mass is 9.92.